The van der Waals surface area contributed by atoms with E-state index in [4.69, 9.17) is 5.11 Å². The Labute approximate surface area is 73.1 Å². The summed E-state index contributed by atoms with van der Waals surface area (Å²) >= 11 is 0. The van der Waals surface area contributed by atoms with Crippen LogP contribution in [0.3, 0.4) is 0 Å². The normalized spacial score (nSPS) is 9.50. The SMILES string of the molecule is C=CS(=O)(=O)C=C.COCCO. The number of rotatable bonds is 4. The van der Waals surface area contributed by atoms with E-state index in [2.05, 4.69) is 17.9 Å². The number of ether oxygens (including phenoxy) is 1. The van der Waals surface area contributed by atoms with Gasteiger partial charge in [0.25, 0.3) is 0 Å². The van der Waals surface area contributed by atoms with E-state index in [0.717, 1.165) is 10.8 Å². The second-order valence-corrected chi connectivity index (χ2v) is 3.48. The number of hydrogen-bond donors (Lipinski definition) is 1. The maximum atomic E-state index is 10.1. The third-order valence-electron chi connectivity index (χ3n) is 0.760. The molecule has 0 atom stereocenters. The number of sulfone groups is 1. The van der Waals surface area contributed by atoms with Crippen molar-refractivity contribution in [1.82, 2.24) is 0 Å². The number of methoxy groups -OCH3 is 1. The monoisotopic (exact) mass is 194 g/mol. The average Bonchev–Trinajstić information content (AvgIpc) is 2.07. The molecule has 0 aromatic carbocycles. The molecule has 0 aromatic rings. The molecule has 0 heterocycles. The van der Waals surface area contributed by atoms with Gasteiger partial charge in [0, 0.05) is 17.9 Å². The first-order chi connectivity index (χ1) is 5.54. The highest BCUT2D eigenvalue weighted by atomic mass is 32.2. The Hall–Kier alpha value is -0.650. The Morgan fingerprint density at radius 1 is 1.42 bits per heavy atom. The summed E-state index contributed by atoms with van der Waals surface area (Å²) in [6.45, 7) is 6.65. The van der Waals surface area contributed by atoms with Crippen LogP contribution in [-0.2, 0) is 14.6 Å². The lowest BCUT2D eigenvalue weighted by Gasteiger charge is -1.84. The zero-order chi connectivity index (χ0) is 10.0. The van der Waals surface area contributed by atoms with E-state index in [-0.39, 0.29) is 6.61 Å². The molecular formula is C7H14O4S. The molecule has 0 bridgehead atoms. The van der Waals surface area contributed by atoms with E-state index >= 15 is 0 Å². The number of hydrogen-bond acceptors (Lipinski definition) is 4. The molecule has 0 unspecified atom stereocenters. The standard InChI is InChI=1S/C4H6O2S.C3H8O2/c1-3-7(5,6)4-2;1-5-3-2-4/h3-4H,1-2H2;4H,2-3H2,1H3. The lowest BCUT2D eigenvalue weighted by molar-refractivity contribution is 0.135. The molecule has 0 fully saturated rings. The third-order valence-corrected chi connectivity index (χ3v) is 1.69. The van der Waals surface area contributed by atoms with E-state index in [9.17, 15) is 8.42 Å². The van der Waals surface area contributed by atoms with Crippen molar-refractivity contribution in [2.75, 3.05) is 20.3 Å². The van der Waals surface area contributed by atoms with Crippen molar-refractivity contribution in [2.24, 2.45) is 0 Å². The Morgan fingerprint density at radius 3 is 1.83 bits per heavy atom. The van der Waals surface area contributed by atoms with Crippen molar-refractivity contribution >= 4 is 9.84 Å². The lowest BCUT2D eigenvalue weighted by Crippen LogP contribution is -1.91. The van der Waals surface area contributed by atoms with Gasteiger partial charge in [0.2, 0.25) is 0 Å². The van der Waals surface area contributed by atoms with Gasteiger partial charge in [-0.1, -0.05) is 13.2 Å². The Balaban J connectivity index is 0. The molecule has 0 rings (SSSR count). The summed E-state index contributed by atoms with van der Waals surface area (Å²) in [4.78, 5) is 0. The van der Waals surface area contributed by atoms with Gasteiger partial charge in [-0.3, -0.25) is 0 Å². The molecule has 0 aliphatic carbocycles. The van der Waals surface area contributed by atoms with Crippen LogP contribution in [0.5, 0.6) is 0 Å². The van der Waals surface area contributed by atoms with Gasteiger partial charge >= 0.3 is 0 Å². The predicted octanol–water partition coefficient (Wildman–Crippen LogP) is 0.313. The molecule has 1 N–H and O–H groups in total. The highest BCUT2D eigenvalue weighted by Crippen LogP contribution is 1.87. The van der Waals surface area contributed by atoms with Crippen LogP contribution in [0.1, 0.15) is 0 Å². The lowest BCUT2D eigenvalue weighted by atomic mass is 10.8. The van der Waals surface area contributed by atoms with Gasteiger partial charge in [-0.2, -0.15) is 0 Å². The van der Waals surface area contributed by atoms with Gasteiger partial charge in [0.15, 0.2) is 9.84 Å². The third kappa shape index (κ3) is 12.1. The van der Waals surface area contributed by atoms with Gasteiger partial charge in [-0.25, -0.2) is 8.42 Å². The van der Waals surface area contributed by atoms with Crippen molar-refractivity contribution in [2.45, 2.75) is 0 Å². The molecule has 0 aliphatic rings. The Kier molecular flexibility index (Phi) is 9.79. The van der Waals surface area contributed by atoms with Crippen LogP contribution in [0.25, 0.3) is 0 Å². The van der Waals surface area contributed by atoms with E-state index in [1.807, 2.05) is 0 Å². The largest absolute Gasteiger partial charge is 0.394 e. The number of aliphatic hydroxyl groups excluding tert-OH is 1. The summed E-state index contributed by atoms with van der Waals surface area (Å²) < 4.78 is 24.7. The van der Waals surface area contributed by atoms with Crippen LogP contribution in [0, 0.1) is 0 Å². The average molecular weight is 194 g/mol. The Morgan fingerprint density at radius 2 is 1.83 bits per heavy atom. The first-order valence-electron chi connectivity index (χ1n) is 3.13. The minimum absolute atomic E-state index is 0.122. The molecule has 72 valence electrons. The molecule has 0 aromatic heterocycles. The number of aliphatic hydroxyl groups is 1. The van der Waals surface area contributed by atoms with Crippen molar-refractivity contribution < 1.29 is 18.3 Å². The van der Waals surface area contributed by atoms with E-state index in [1.54, 1.807) is 7.11 Å². The second kappa shape index (κ2) is 8.45. The minimum atomic E-state index is -3.13. The van der Waals surface area contributed by atoms with Crippen molar-refractivity contribution in [3.05, 3.63) is 24.0 Å². The molecule has 0 radical (unpaired) electrons. The van der Waals surface area contributed by atoms with E-state index < -0.39 is 9.84 Å². The molecule has 0 saturated carbocycles. The van der Waals surface area contributed by atoms with Gasteiger partial charge in [0.1, 0.15) is 0 Å². The maximum absolute atomic E-state index is 10.1. The summed E-state index contributed by atoms with van der Waals surface area (Å²) in [5.74, 6) is 0. The molecule has 4 nitrogen and oxygen atoms in total. The fraction of sp³-hybridized carbons (Fsp3) is 0.429. The van der Waals surface area contributed by atoms with E-state index in [0.29, 0.717) is 6.61 Å². The zero-order valence-corrected chi connectivity index (χ0v) is 7.88. The fourth-order valence-electron chi connectivity index (χ4n) is 0.159. The van der Waals surface area contributed by atoms with Gasteiger partial charge < -0.3 is 9.84 Å². The summed E-state index contributed by atoms with van der Waals surface area (Å²) in [6.07, 6.45) is 0. The summed E-state index contributed by atoms with van der Waals surface area (Å²) in [5, 5.41) is 9.64. The van der Waals surface area contributed by atoms with Crippen molar-refractivity contribution in [1.29, 1.82) is 0 Å². The molecule has 12 heavy (non-hydrogen) atoms. The van der Waals surface area contributed by atoms with Crippen LogP contribution >= 0.6 is 0 Å². The molecule has 0 saturated heterocycles. The topological polar surface area (TPSA) is 63.6 Å². The van der Waals surface area contributed by atoms with Crippen molar-refractivity contribution in [3.8, 4) is 0 Å². The maximum Gasteiger partial charge on any atom is 0.191 e. The van der Waals surface area contributed by atoms with Crippen LogP contribution in [-0.4, -0.2) is 33.8 Å². The minimum Gasteiger partial charge on any atom is -0.394 e. The van der Waals surface area contributed by atoms with Crippen LogP contribution in [0.2, 0.25) is 0 Å². The quantitative estimate of drug-likeness (QED) is 0.699. The van der Waals surface area contributed by atoms with Gasteiger partial charge in [0.05, 0.1) is 13.2 Å². The second-order valence-electron chi connectivity index (χ2n) is 1.64. The fourth-order valence-corrected chi connectivity index (χ4v) is 0.295. The molecule has 0 spiro atoms. The first kappa shape index (κ1) is 13.9. The molecule has 0 aliphatic heterocycles. The van der Waals surface area contributed by atoms with Gasteiger partial charge in [-0.15, -0.1) is 0 Å². The zero-order valence-electron chi connectivity index (χ0n) is 7.06. The van der Waals surface area contributed by atoms with Crippen LogP contribution < -0.4 is 0 Å². The predicted molar refractivity (Wildman–Crippen MR) is 48.3 cm³/mol. The Bertz CT molecular complexity index is 189. The molecule has 5 heteroatoms. The molecule has 0 amide bonds. The molecular weight excluding hydrogens is 180 g/mol. The van der Waals surface area contributed by atoms with Gasteiger partial charge in [-0.05, 0) is 0 Å². The summed E-state index contributed by atoms with van der Waals surface area (Å²) in [6, 6.07) is 0. The van der Waals surface area contributed by atoms with Crippen LogP contribution in [0.15, 0.2) is 24.0 Å². The van der Waals surface area contributed by atoms with Crippen molar-refractivity contribution in [3.63, 3.8) is 0 Å². The summed E-state index contributed by atoms with van der Waals surface area (Å²) in [5.41, 5.74) is 0. The summed E-state index contributed by atoms with van der Waals surface area (Å²) in [7, 11) is -1.58. The highest BCUT2D eigenvalue weighted by Gasteiger charge is 1.90. The van der Waals surface area contributed by atoms with Crippen LogP contribution in [0.4, 0.5) is 0 Å². The highest BCUT2D eigenvalue weighted by molar-refractivity contribution is 7.97. The first-order valence-corrected chi connectivity index (χ1v) is 4.74. The smallest absolute Gasteiger partial charge is 0.191 e. The van der Waals surface area contributed by atoms with E-state index in [1.165, 1.54) is 0 Å².